The fourth-order valence-electron chi connectivity index (χ4n) is 3.15. The van der Waals surface area contributed by atoms with Crippen molar-refractivity contribution in [2.45, 2.75) is 12.5 Å². The Balaban J connectivity index is 1.35. The van der Waals surface area contributed by atoms with Crippen LogP contribution in [-0.2, 0) is 11.0 Å². The highest BCUT2D eigenvalue weighted by molar-refractivity contribution is 5.87. The van der Waals surface area contributed by atoms with E-state index < -0.39 is 29.9 Å². The molecule has 14 heteroatoms. The zero-order chi connectivity index (χ0) is 27.3. The number of nitrogens with one attached hydrogen (secondary N) is 1. The van der Waals surface area contributed by atoms with Gasteiger partial charge >= 0.3 is 18.6 Å². The van der Waals surface area contributed by atoms with E-state index in [2.05, 4.69) is 24.8 Å². The minimum absolute atomic E-state index is 0.322. The molecule has 1 N–H and O–H groups in total. The van der Waals surface area contributed by atoms with Gasteiger partial charge < -0.3 is 4.74 Å². The topological polar surface area (TPSA) is 90.6 Å². The van der Waals surface area contributed by atoms with Gasteiger partial charge in [0, 0.05) is 5.56 Å². The van der Waals surface area contributed by atoms with Crippen molar-refractivity contribution in [3.05, 3.63) is 90.3 Å². The minimum Gasteiger partial charge on any atom is -0.406 e. The molecule has 38 heavy (non-hydrogen) atoms. The smallest absolute Gasteiger partial charge is 0.406 e. The molecule has 0 unspecified atom stereocenters. The summed E-state index contributed by atoms with van der Waals surface area (Å²) >= 11 is 0. The van der Waals surface area contributed by atoms with Crippen LogP contribution in [0.5, 0.6) is 5.75 Å². The fourth-order valence-corrected chi connectivity index (χ4v) is 3.15. The minimum atomic E-state index is -4.79. The molecule has 4 rings (SSSR count). The van der Waals surface area contributed by atoms with Crippen LogP contribution in [0.2, 0.25) is 0 Å². The van der Waals surface area contributed by atoms with Crippen LogP contribution in [0.3, 0.4) is 0 Å². The zero-order valence-corrected chi connectivity index (χ0v) is 18.9. The summed E-state index contributed by atoms with van der Waals surface area (Å²) in [6.07, 6.45) is -8.10. The largest absolute Gasteiger partial charge is 0.573 e. The fraction of sp³-hybridized carbons (Fsp3) is 0.0833. The molecule has 0 atom stereocenters. The molecule has 0 aliphatic heterocycles. The number of rotatable bonds is 6. The number of halogens is 6. The van der Waals surface area contributed by atoms with E-state index >= 15 is 0 Å². The number of alkyl halides is 6. The van der Waals surface area contributed by atoms with E-state index in [0.29, 0.717) is 22.6 Å². The quantitative estimate of drug-likeness (QED) is 0.133. The van der Waals surface area contributed by atoms with E-state index in [4.69, 9.17) is 0 Å². The van der Waals surface area contributed by atoms with Gasteiger partial charge in [-0.2, -0.15) is 13.2 Å². The van der Waals surface area contributed by atoms with Crippen molar-refractivity contribution >= 4 is 18.0 Å². The normalized spacial score (nSPS) is 11.9. The summed E-state index contributed by atoms with van der Waals surface area (Å²) < 4.78 is 81.1. The molecule has 3 aromatic carbocycles. The summed E-state index contributed by atoms with van der Waals surface area (Å²) in [6, 6.07) is 16.0. The van der Waals surface area contributed by atoms with Crippen molar-refractivity contribution in [1.82, 2.24) is 14.8 Å². The van der Waals surface area contributed by atoms with Gasteiger partial charge in [0.05, 0.1) is 23.2 Å². The highest BCUT2D eigenvalue weighted by Gasteiger charge is 2.33. The van der Waals surface area contributed by atoms with Gasteiger partial charge in [0.15, 0.2) is 5.82 Å². The number of ether oxygens (including phenoxy) is 1. The number of amides is 1. The van der Waals surface area contributed by atoms with E-state index in [1.807, 2.05) is 5.32 Å². The van der Waals surface area contributed by atoms with E-state index in [1.165, 1.54) is 41.5 Å². The van der Waals surface area contributed by atoms with Crippen LogP contribution in [0, 0.1) is 0 Å². The molecule has 0 aliphatic rings. The number of aromatic nitrogens is 3. The molecule has 0 aliphatic carbocycles. The Morgan fingerprint density at radius 3 is 2.26 bits per heavy atom. The van der Waals surface area contributed by atoms with Crippen LogP contribution in [0.15, 0.2) is 84.3 Å². The molecule has 1 aromatic heterocycles. The Morgan fingerprint density at radius 2 is 1.61 bits per heavy atom. The van der Waals surface area contributed by atoms with Crippen LogP contribution < -0.4 is 10.1 Å². The van der Waals surface area contributed by atoms with Gasteiger partial charge in [-0.25, -0.2) is 14.5 Å². The molecule has 196 valence electrons. The van der Waals surface area contributed by atoms with Gasteiger partial charge in [0.25, 0.3) is 0 Å². The summed E-state index contributed by atoms with van der Waals surface area (Å²) in [5.41, 5.74) is 0.0507. The summed E-state index contributed by atoms with van der Waals surface area (Å²) in [4.78, 5) is 20.6. The maximum atomic E-state index is 13.0. The molecule has 1 heterocycles. The summed E-state index contributed by atoms with van der Waals surface area (Å²) in [5.74, 6) is -0.0468. The monoisotopic (exact) mass is 535 g/mol. The molecule has 0 radical (unpaired) electrons. The van der Waals surface area contributed by atoms with Crippen LogP contribution in [-0.4, -0.2) is 33.4 Å². The van der Waals surface area contributed by atoms with Crippen molar-refractivity contribution in [3.8, 4) is 22.8 Å². The Morgan fingerprint density at radius 1 is 0.921 bits per heavy atom. The molecule has 0 fully saturated rings. The van der Waals surface area contributed by atoms with Crippen molar-refractivity contribution in [2.75, 3.05) is 5.32 Å². The molecular weight excluding hydrogens is 520 g/mol. The maximum Gasteiger partial charge on any atom is 0.573 e. The number of carbonyl (C=O) groups excluding carboxylic acids is 1. The van der Waals surface area contributed by atoms with Gasteiger partial charge in [0.2, 0.25) is 0 Å². The summed E-state index contributed by atoms with van der Waals surface area (Å²) in [5, 5.41) is 9.75. The number of oxime groups is 1. The molecule has 8 nitrogen and oxygen atoms in total. The second kappa shape index (κ2) is 10.6. The second-order valence-corrected chi connectivity index (χ2v) is 7.46. The lowest BCUT2D eigenvalue weighted by Crippen LogP contribution is -2.17. The van der Waals surface area contributed by atoms with Crippen LogP contribution in [0.25, 0.3) is 17.1 Å². The number of hydrogen-bond acceptors (Lipinski definition) is 6. The maximum absolute atomic E-state index is 13.0. The molecule has 0 saturated carbocycles. The molecule has 4 aromatic rings. The Labute approximate surface area is 210 Å². The molecule has 0 saturated heterocycles. The van der Waals surface area contributed by atoms with Gasteiger partial charge in [-0.05, 0) is 42.0 Å². The van der Waals surface area contributed by atoms with E-state index in [9.17, 15) is 31.1 Å². The van der Waals surface area contributed by atoms with Crippen molar-refractivity contribution in [3.63, 3.8) is 0 Å². The highest BCUT2D eigenvalue weighted by atomic mass is 19.4. The predicted octanol–water partition coefficient (Wildman–Crippen LogP) is 6.43. The van der Waals surface area contributed by atoms with Crippen LogP contribution in [0.4, 0.5) is 36.8 Å². The first-order chi connectivity index (χ1) is 18.0. The molecule has 1 amide bonds. The van der Waals surface area contributed by atoms with Crippen molar-refractivity contribution < 1.29 is 40.7 Å². The van der Waals surface area contributed by atoms with Crippen molar-refractivity contribution in [2.24, 2.45) is 5.16 Å². The number of hydrogen-bond donors (Lipinski definition) is 1. The summed E-state index contributed by atoms with van der Waals surface area (Å²) in [6.45, 7) is 0. The van der Waals surface area contributed by atoms with Gasteiger partial charge in [-0.15, -0.1) is 18.3 Å². The van der Waals surface area contributed by atoms with E-state index in [-0.39, 0.29) is 5.75 Å². The lowest BCUT2D eigenvalue weighted by atomic mass is 10.1. The predicted molar refractivity (Wildman–Crippen MR) is 123 cm³/mol. The van der Waals surface area contributed by atoms with Gasteiger partial charge in [-0.1, -0.05) is 41.6 Å². The zero-order valence-electron chi connectivity index (χ0n) is 18.9. The van der Waals surface area contributed by atoms with Gasteiger partial charge in [-0.3, -0.25) is 10.2 Å². The first kappa shape index (κ1) is 26.2. The third-order valence-electron chi connectivity index (χ3n) is 4.80. The third kappa shape index (κ3) is 6.87. The summed E-state index contributed by atoms with van der Waals surface area (Å²) in [7, 11) is 0. The standard InChI is InChI=1S/C24H15F6N5O3/c25-23(26,27)19-3-1-2-4-20(19)33-22(36)38-32-13-15-5-7-16(8-6-15)21-31-14-35(34-21)17-9-11-18(12-10-17)37-24(28,29)30/h1-14H,(H,33,36)/b32-13+. The number of anilines is 1. The number of nitrogens with zero attached hydrogens (tertiary/aromatic N) is 4. The number of benzene rings is 3. The molecule has 0 bridgehead atoms. The van der Waals surface area contributed by atoms with Crippen LogP contribution >= 0.6 is 0 Å². The second-order valence-electron chi connectivity index (χ2n) is 7.46. The average Bonchev–Trinajstić information content (AvgIpc) is 3.34. The Bertz CT molecular complexity index is 1430. The van der Waals surface area contributed by atoms with Crippen LogP contribution in [0.1, 0.15) is 11.1 Å². The third-order valence-corrected chi connectivity index (χ3v) is 4.80. The lowest BCUT2D eigenvalue weighted by molar-refractivity contribution is -0.274. The lowest BCUT2D eigenvalue weighted by Gasteiger charge is -2.12. The molecular formula is C24H15F6N5O3. The number of para-hydroxylation sites is 1. The Hall–Kier alpha value is -4.88. The number of carbonyl (C=O) groups is 1. The SMILES string of the molecule is O=C(Nc1ccccc1C(F)(F)F)O/N=C/c1ccc(-c2ncn(-c3ccc(OC(F)(F)F)cc3)n2)cc1. The van der Waals surface area contributed by atoms with Gasteiger partial charge in [0.1, 0.15) is 12.1 Å². The van der Waals surface area contributed by atoms with Crippen molar-refractivity contribution in [1.29, 1.82) is 0 Å². The highest BCUT2D eigenvalue weighted by Crippen LogP contribution is 2.34. The van der Waals surface area contributed by atoms with E-state index in [1.54, 1.807) is 24.3 Å². The van der Waals surface area contributed by atoms with E-state index in [0.717, 1.165) is 24.3 Å². The average molecular weight is 535 g/mol. The first-order valence-corrected chi connectivity index (χ1v) is 10.5. The molecule has 0 spiro atoms. The Kier molecular flexibility index (Phi) is 7.32. The first-order valence-electron chi connectivity index (χ1n) is 10.5.